The van der Waals surface area contributed by atoms with Gasteiger partial charge in [-0.2, -0.15) is 0 Å². The fraction of sp³-hybridized carbons (Fsp3) is 0.412. The molecular formula is C17H20N2O2. The van der Waals surface area contributed by atoms with E-state index < -0.39 is 5.97 Å². The molecule has 0 aliphatic heterocycles. The Kier molecular flexibility index (Phi) is 3.53. The number of hydrogen-bond acceptors (Lipinski definition) is 3. The number of benzene rings is 1. The van der Waals surface area contributed by atoms with Crippen molar-refractivity contribution in [1.82, 2.24) is 4.98 Å². The van der Waals surface area contributed by atoms with Gasteiger partial charge in [0.2, 0.25) is 0 Å². The van der Waals surface area contributed by atoms with Gasteiger partial charge in [-0.1, -0.05) is 24.3 Å². The van der Waals surface area contributed by atoms with Crippen molar-refractivity contribution in [3.05, 3.63) is 36.0 Å². The molecule has 3 rings (SSSR count). The van der Waals surface area contributed by atoms with E-state index in [4.69, 9.17) is 0 Å². The van der Waals surface area contributed by atoms with Crippen molar-refractivity contribution in [1.29, 1.82) is 0 Å². The van der Waals surface area contributed by atoms with Gasteiger partial charge in [0.05, 0.1) is 5.56 Å². The lowest BCUT2D eigenvalue weighted by atomic mass is 10.1. The Balaban J connectivity index is 2.13. The topological polar surface area (TPSA) is 53.4 Å². The minimum atomic E-state index is -0.927. The molecule has 1 N–H and O–H groups in total. The average Bonchev–Trinajstić information content (AvgIpc) is 3.27. The van der Waals surface area contributed by atoms with Crippen LogP contribution < -0.4 is 4.90 Å². The zero-order valence-corrected chi connectivity index (χ0v) is 12.4. The lowest BCUT2D eigenvalue weighted by molar-refractivity contribution is 0.0698. The molecule has 0 unspecified atom stereocenters. The maximum absolute atomic E-state index is 11.4. The van der Waals surface area contributed by atoms with Gasteiger partial charge < -0.3 is 10.0 Å². The van der Waals surface area contributed by atoms with Gasteiger partial charge in [-0.25, -0.2) is 9.78 Å². The van der Waals surface area contributed by atoms with E-state index in [2.05, 4.69) is 23.7 Å². The number of hydrogen-bond donors (Lipinski definition) is 1. The molecule has 21 heavy (non-hydrogen) atoms. The van der Waals surface area contributed by atoms with Crippen LogP contribution in [-0.4, -0.2) is 28.6 Å². The summed E-state index contributed by atoms with van der Waals surface area (Å²) in [5.74, 6) is 0.730. The normalized spacial score (nSPS) is 14.6. The van der Waals surface area contributed by atoms with Gasteiger partial charge in [-0.3, -0.25) is 0 Å². The van der Waals surface area contributed by atoms with Crippen LogP contribution in [-0.2, 0) is 0 Å². The van der Waals surface area contributed by atoms with Crippen molar-refractivity contribution in [3.63, 3.8) is 0 Å². The molecule has 0 radical (unpaired) electrons. The van der Waals surface area contributed by atoms with Crippen LogP contribution in [0.2, 0.25) is 0 Å². The number of aromatic carboxylic acids is 1. The molecule has 0 saturated heterocycles. The lowest BCUT2D eigenvalue weighted by Crippen LogP contribution is -2.33. The minimum Gasteiger partial charge on any atom is -0.478 e. The van der Waals surface area contributed by atoms with Crippen LogP contribution in [0.4, 0.5) is 5.82 Å². The first kappa shape index (κ1) is 13.9. The highest BCUT2D eigenvalue weighted by molar-refractivity contribution is 6.06. The summed E-state index contributed by atoms with van der Waals surface area (Å²) in [6.45, 7) is 5.31. The molecular weight excluding hydrogens is 264 g/mol. The third-order valence-corrected chi connectivity index (χ3v) is 4.05. The van der Waals surface area contributed by atoms with E-state index in [1.54, 1.807) is 0 Å². The van der Waals surface area contributed by atoms with Gasteiger partial charge >= 0.3 is 5.97 Å². The van der Waals surface area contributed by atoms with E-state index in [9.17, 15) is 9.90 Å². The number of anilines is 1. The van der Waals surface area contributed by atoms with E-state index in [1.807, 2.05) is 24.3 Å². The van der Waals surface area contributed by atoms with E-state index >= 15 is 0 Å². The molecule has 1 heterocycles. The number of pyridine rings is 1. The molecule has 1 fully saturated rings. The van der Waals surface area contributed by atoms with Crippen molar-refractivity contribution in [3.8, 4) is 0 Å². The van der Waals surface area contributed by atoms with Gasteiger partial charge in [0, 0.05) is 29.6 Å². The fourth-order valence-electron chi connectivity index (χ4n) is 2.70. The monoisotopic (exact) mass is 284 g/mol. The summed E-state index contributed by atoms with van der Waals surface area (Å²) in [6.07, 6.45) is 4.06. The zero-order valence-electron chi connectivity index (χ0n) is 12.4. The molecule has 1 aliphatic carbocycles. The second kappa shape index (κ2) is 5.35. The molecule has 4 nitrogen and oxygen atoms in total. The Labute approximate surface area is 124 Å². The van der Waals surface area contributed by atoms with Crippen molar-refractivity contribution in [2.75, 3.05) is 11.4 Å². The predicted molar refractivity (Wildman–Crippen MR) is 83.9 cm³/mol. The third-order valence-electron chi connectivity index (χ3n) is 4.05. The highest BCUT2D eigenvalue weighted by Crippen LogP contribution is 2.34. The Morgan fingerprint density at radius 3 is 2.57 bits per heavy atom. The van der Waals surface area contributed by atoms with E-state index in [0.29, 0.717) is 6.04 Å². The van der Waals surface area contributed by atoms with Gasteiger partial charge in [-0.05, 0) is 32.6 Å². The zero-order chi connectivity index (χ0) is 15.0. The molecule has 0 bridgehead atoms. The number of carboxylic acids is 1. The van der Waals surface area contributed by atoms with E-state index in [1.165, 1.54) is 19.0 Å². The van der Waals surface area contributed by atoms with Crippen molar-refractivity contribution >= 4 is 22.6 Å². The summed E-state index contributed by atoms with van der Waals surface area (Å²) in [7, 11) is 0. The maximum atomic E-state index is 11.4. The first-order valence-electron chi connectivity index (χ1n) is 7.45. The standard InChI is InChI=1S/C17H20N2O2/c1-11(2)19(10-12-7-8-12)16-14-6-4-3-5-13(14)15(9-18-16)17(20)21/h3-6,9,11-12H,7-8,10H2,1-2H3,(H,20,21). The van der Waals surface area contributed by atoms with Crippen LogP contribution in [0.15, 0.2) is 30.5 Å². The Morgan fingerprint density at radius 2 is 2.00 bits per heavy atom. The van der Waals surface area contributed by atoms with Crippen molar-refractivity contribution in [2.24, 2.45) is 5.92 Å². The average molecular weight is 284 g/mol. The highest BCUT2D eigenvalue weighted by Gasteiger charge is 2.27. The van der Waals surface area contributed by atoms with E-state index in [-0.39, 0.29) is 5.56 Å². The minimum absolute atomic E-state index is 0.268. The van der Waals surface area contributed by atoms with E-state index in [0.717, 1.165) is 29.1 Å². The summed E-state index contributed by atoms with van der Waals surface area (Å²) in [5, 5.41) is 11.0. The molecule has 4 heteroatoms. The van der Waals surface area contributed by atoms with Crippen LogP contribution in [0.5, 0.6) is 0 Å². The molecule has 2 aromatic rings. The maximum Gasteiger partial charge on any atom is 0.337 e. The number of nitrogens with zero attached hydrogens (tertiary/aromatic N) is 2. The van der Waals surface area contributed by atoms with Gasteiger partial charge in [0.15, 0.2) is 0 Å². The van der Waals surface area contributed by atoms with Gasteiger partial charge in [0.1, 0.15) is 5.82 Å². The Morgan fingerprint density at radius 1 is 1.33 bits per heavy atom. The largest absolute Gasteiger partial charge is 0.478 e. The quantitative estimate of drug-likeness (QED) is 0.912. The molecule has 0 spiro atoms. The molecule has 1 saturated carbocycles. The van der Waals surface area contributed by atoms with Crippen LogP contribution in [0, 0.1) is 5.92 Å². The Bertz CT molecular complexity index is 678. The fourth-order valence-corrected chi connectivity index (χ4v) is 2.70. The summed E-state index contributed by atoms with van der Waals surface area (Å²) >= 11 is 0. The molecule has 1 aromatic carbocycles. The van der Waals surface area contributed by atoms with Crippen LogP contribution in [0.25, 0.3) is 10.8 Å². The van der Waals surface area contributed by atoms with Crippen LogP contribution in [0.1, 0.15) is 37.0 Å². The molecule has 0 amide bonds. The second-order valence-electron chi connectivity index (χ2n) is 6.04. The van der Waals surface area contributed by atoms with Gasteiger partial charge in [0.25, 0.3) is 0 Å². The molecule has 110 valence electrons. The second-order valence-corrected chi connectivity index (χ2v) is 6.04. The molecule has 1 aromatic heterocycles. The summed E-state index contributed by atoms with van der Waals surface area (Å²) in [6, 6.07) is 7.98. The summed E-state index contributed by atoms with van der Waals surface area (Å²) < 4.78 is 0. The Hall–Kier alpha value is -2.10. The first-order chi connectivity index (χ1) is 10.1. The number of aromatic nitrogens is 1. The molecule has 1 aliphatic rings. The smallest absolute Gasteiger partial charge is 0.337 e. The third kappa shape index (κ3) is 2.71. The lowest BCUT2D eigenvalue weighted by Gasteiger charge is -2.29. The van der Waals surface area contributed by atoms with Crippen molar-refractivity contribution < 1.29 is 9.90 Å². The first-order valence-corrected chi connectivity index (χ1v) is 7.45. The number of fused-ring (bicyclic) bond motifs is 1. The highest BCUT2D eigenvalue weighted by atomic mass is 16.4. The van der Waals surface area contributed by atoms with Crippen molar-refractivity contribution in [2.45, 2.75) is 32.7 Å². The van der Waals surface area contributed by atoms with Crippen LogP contribution >= 0.6 is 0 Å². The van der Waals surface area contributed by atoms with Crippen LogP contribution in [0.3, 0.4) is 0 Å². The number of carbonyl (C=O) groups is 1. The molecule has 0 atom stereocenters. The summed E-state index contributed by atoms with van der Waals surface area (Å²) in [5.41, 5.74) is 0.268. The predicted octanol–water partition coefficient (Wildman–Crippen LogP) is 3.56. The SMILES string of the molecule is CC(C)N(CC1CC1)c1ncc(C(=O)O)c2ccccc12. The van der Waals surface area contributed by atoms with Gasteiger partial charge in [-0.15, -0.1) is 0 Å². The number of carboxylic acid groups (broad SMARTS) is 1. The summed E-state index contributed by atoms with van der Waals surface area (Å²) in [4.78, 5) is 18.1. The number of rotatable bonds is 5.